The van der Waals surface area contributed by atoms with E-state index >= 15 is 0 Å². The Kier molecular flexibility index (Phi) is 4.83. The lowest BCUT2D eigenvalue weighted by molar-refractivity contribution is -0.155. The third kappa shape index (κ3) is 3.57. The van der Waals surface area contributed by atoms with Crippen molar-refractivity contribution in [2.75, 3.05) is 39.9 Å². The molecular formula is C17H23F2N3O2. The first kappa shape index (κ1) is 17.2. The SMILES string of the molecule is COCCN1CC[C@]2(CN(Cc3cccnc3)CC(F)(F)C2)C1=O. The Morgan fingerprint density at radius 1 is 1.38 bits per heavy atom. The number of nitrogens with zero attached hydrogens (tertiary/aromatic N) is 3. The highest BCUT2D eigenvalue weighted by molar-refractivity contribution is 5.85. The molecule has 0 aromatic carbocycles. The summed E-state index contributed by atoms with van der Waals surface area (Å²) >= 11 is 0. The van der Waals surface area contributed by atoms with Crippen LogP contribution in [0, 0.1) is 5.41 Å². The van der Waals surface area contributed by atoms with Crippen molar-refractivity contribution in [2.24, 2.45) is 5.41 Å². The van der Waals surface area contributed by atoms with Crippen LogP contribution in [0.1, 0.15) is 18.4 Å². The maximum atomic E-state index is 14.4. The molecule has 2 aliphatic rings. The van der Waals surface area contributed by atoms with Crippen LogP contribution in [0.25, 0.3) is 0 Å². The molecule has 5 nitrogen and oxygen atoms in total. The van der Waals surface area contributed by atoms with E-state index < -0.39 is 11.3 Å². The van der Waals surface area contributed by atoms with Gasteiger partial charge < -0.3 is 9.64 Å². The second kappa shape index (κ2) is 6.72. The fourth-order valence-corrected chi connectivity index (χ4v) is 3.90. The van der Waals surface area contributed by atoms with E-state index in [0.29, 0.717) is 39.2 Å². The normalized spacial score (nSPS) is 27.1. The fourth-order valence-electron chi connectivity index (χ4n) is 3.90. The Morgan fingerprint density at radius 3 is 2.92 bits per heavy atom. The predicted molar refractivity (Wildman–Crippen MR) is 84.6 cm³/mol. The molecule has 1 aromatic rings. The van der Waals surface area contributed by atoms with Gasteiger partial charge in [0.25, 0.3) is 5.92 Å². The molecule has 3 rings (SSSR count). The highest BCUT2D eigenvalue weighted by Gasteiger charge is 2.56. The van der Waals surface area contributed by atoms with E-state index in [1.165, 1.54) is 0 Å². The quantitative estimate of drug-likeness (QED) is 0.820. The third-order valence-corrected chi connectivity index (χ3v) is 4.87. The Bertz CT molecular complexity index is 584. The summed E-state index contributed by atoms with van der Waals surface area (Å²) < 4.78 is 33.7. The molecular weight excluding hydrogens is 316 g/mol. The number of hydrogen-bond acceptors (Lipinski definition) is 4. The lowest BCUT2D eigenvalue weighted by atomic mass is 9.77. The summed E-state index contributed by atoms with van der Waals surface area (Å²) in [4.78, 5) is 20.2. The van der Waals surface area contributed by atoms with Crippen LogP contribution in [0.3, 0.4) is 0 Å². The maximum absolute atomic E-state index is 14.4. The number of carbonyl (C=O) groups excluding carboxylic acids is 1. The fraction of sp³-hybridized carbons (Fsp3) is 0.647. The number of ether oxygens (including phenoxy) is 1. The summed E-state index contributed by atoms with van der Waals surface area (Å²) in [6.45, 7) is 1.87. The molecule has 132 valence electrons. The van der Waals surface area contributed by atoms with Gasteiger partial charge in [-0.1, -0.05) is 6.07 Å². The van der Waals surface area contributed by atoms with Crippen molar-refractivity contribution in [3.8, 4) is 0 Å². The Balaban J connectivity index is 1.75. The van der Waals surface area contributed by atoms with Crippen LogP contribution in [-0.2, 0) is 16.1 Å². The number of likely N-dealkylation sites (tertiary alicyclic amines) is 2. The zero-order valence-electron chi connectivity index (χ0n) is 13.9. The van der Waals surface area contributed by atoms with Crippen LogP contribution in [0.4, 0.5) is 8.78 Å². The standard InChI is InChI=1S/C17H23F2N3O2/c1-24-8-7-22-6-4-16(15(22)23)11-17(18,19)13-21(12-16)10-14-3-2-5-20-9-14/h2-3,5,9H,4,6-8,10-13H2,1H3/t16-/m0/s1. The van der Waals surface area contributed by atoms with Gasteiger partial charge in [-0.2, -0.15) is 0 Å². The zero-order valence-corrected chi connectivity index (χ0v) is 13.9. The molecule has 1 spiro atoms. The van der Waals surface area contributed by atoms with Crippen molar-refractivity contribution in [3.05, 3.63) is 30.1 Å². The topological polar surface area (TPSA) is 45.7 Å². The molecule has 7 heteroatoms. The van der Waals surface area contributed by atoms with Gasteiger partial charge in [-0.05, 0) is 18.1 Å². The van der Waals surface area contributed by atoms with Gasteiger partial charge >= 0.3 is 0 Å². The highest BCUT2D eigenvalue weighted by Crippen LogP contribution is 2.45. The molecule has 0 aliphatic carbocycles. The summed E-state index contributed by atoms with van der Waals surface area (Å²) in [5.41, 5.74) is -0.0930. The first-order chi connectivity index (χ1) is 11.4. The average molecular weight is 339 g/mol. The second-order valence-electron chi connectivity index (χ2n) is 6.85. The number of rotatable bonds is 5. The predicted octanol–water partition coefficient (Wildman–Crippen LogP) is 1.79. The van der Waals surface area contributed by atoms with Crippen molar-refractivity contribution in [3.63, 3.8) is 0 Å². The Hall–Kier alpha value is -1.60. The number of amides is 1. The molecule has 0 N–H and O–H groups in total. The smallest absolute Gasteiger partial charge is 0.261 e. The first-order valence-corrected chi connectivity index (χ1v) is 8.22. The molecule has 0 bridgehead atoms. The number of piperidine rings is 1. The first-order valence-electron chi connectivity index (χ1n) is 8.22. The van der Waals surface area contributed by atoms with E-state index in [-0.39, 0.29) is 18.9 Å². The van der Waals surface area contributed by atoms with Crippen molar-refractivity contribution in [1.29, 1.82) is 0 Å². The van der Waals surface area contributed by atoms with Crippen LogP contribution in [0.15, 0.2) is 24.5 Å². The van der Waals surface area contributed by atoms with E-state index in [1.54, 1.807) is 35.4 Å². The summed E-state index contributed by atoms with van der Waals surface area (Å²) in [6, 6.07) is 3.66. The van der Waals surface area contributed by atoms with Crippen LogP contribution in [-0.4, -0.2) is 66.5 Å². The van der Waals surface area contributed by atoms with Crippen LogP contribution >= 0.6 is 0 Å². The second-order valence-corrected chi connectivity index (χ2v) is 6.85. The molecule has 24 heavy (non-hydrogen) atoms. The van der Waals surface area contributed by atoms with Gasteiger partial charge in [0.1, 0.15) is 0 Å². The minimum absolute atomic E-state index is 0.157. The van der Waals surface area contributed by atoms with Gasteiger partial charge in [-0.3, -0.25) is 14.7 Å². The Morgan fingerprint density at radius 2 is 2.21 bits per heavy atom. The minimum Gasteiger partial charge on any atom is -0.383 e. The summed E-state index contributed by atoms with van der Waals surface area (Å²) in [5, 5.41) is 0. The van der Waals surface area contributed by atoms with E-state index in [2.05, 4.69) is 4.98 Å². The largest absolute Gasteiger partial charge is 0.383 e. The monoisotopic (exact) mass is 339 g/mol. The molecule has 3 heterocycles. The van der Waals surface area contributed by atoms with Crippen molar-refractivity contribution < 1.29 is 18.3 Å². The Labute approximate surface area is 140 Å². The number of hydrogen-bond donors (Lipinski definition) is 0. The van der Waals surface area contributed by atoms with Crippen LogP contribution in [0.2, 0.25) is 0 Å². The van der Waals surface area contributed by atoms with Gasteiger partial charge in [0, 0.05) is 52.1 Å². The van der Waals surface area contributed by atoms with E-state index in [4.69, 9.17) is 4.74 Å². The molecule has 1 atom stereocenters. The molecule has 0 unspecified atom stereocenters. The average Bonchev–Trinajstić information content (AvgIpc) is 2.80. The van der Waals surface area contributed by atoms with Crippen LogP contribution < -0.4 is 0 Å². The van der Waals surface area contributed by atoms with Gasteiger partial charge in [-0.25, -0.2) is 8.78 Å². The summed E-state index contributed by atoms with van der Waals surface area (Å²) in [7, 11) is 1.57. The third-order valence-electron chi connectivity index (χ3n) is 4.87. The van der Waals surface area contributed by atoms with Crippen molar-refractivity contribution in [2.45, 2.75) is 25.3 Å². The van der Waals surface area contributed by atoms with E-state index in [1.807, 2.05) is 6.07 Å². The summed E-state index contributed by atoms with van der Waals surface area (Å²) in [5.74, 6) is -3.01. The lowest BCUT2D eigenvalue weighted by Gasteiger charge is -2.42. The number of pyridine rings is 1. The molecule has 1 amide bonds. The highest BCUT2D eigenvalue weighted by atomic mass is 19.3. The number of methoxy groups -OCH3 is 1. The summed E-state index contributed by atoms with van der Waals surface area (Å²) in [6.07, 6.45) is 3.46. The number of halogens is 2. The molecule has 0 radical (unpaired) electrons. The van der Waals surface area contributed by atoms with Gasteiger partial charge in [0.15, 0.2) is 0 Å². The van der Waals surface area contributed by atoms with Crippen molar-refractivity contribution >= 4 is 5.91 Å². The zero-order chi connectivity index (χ0) is 17.2. The maximum Gasteiger partial charge on any atom is 0.261 e. The number of aromatic nitrogens is 1. The van der Waals surface area contributed by atoms with Crippen LogP contribution in [0.5, 0.6) is 0 Å². The number of alkyl halides is 2. The molecule has 0 saturated carbocycles. The lowest BCUT2D eigenvalue weighted by Crippen LogP contribution is -2.55. The van der Waals surface area contributed by atoms with Gasteiger partial charge in [-0.15, -0.1) is 0 Å². The van der Waals surface area contributed by atoms with Gasteiger partial charge in [0.2, 0.25) is 5.91 Å². The minimum atomic E-state index is -2.85. The van der Waals surface area contributed by atoms with Crippen molar-refractivity contribution in [1.82, 2.24) is 14.8 Å². The van der Waals surface area contributed by atoms with E-state index in [9.17, 15) is 13.6 Å². The number of carbonyl (C=O) groups is 1. The molecule has 2 saturated heterocycles. The van der Waals surface area contributed by atoms with Gasteiger partial charge in [0.05, 0.1) is 18.6 Å². The molecule has 1 aromatic heterocycles. The molecule has 2 fully saturated rings. The van der Waals surface area contributed by atoms with E-state index in [0.717, 1.165) is 5.56 Å². The molecule has 2 aliphatic heterocycles.